The van der Waals surface area contributed by atoms with Crippen LogP contribution in [-0.2, 0) is 0 Å². The van der Waals surface area contributed by atoms with Gasteiger partial charge in [-0.25, -0.2) is 4.98 Å². The number of para-hydroxylation sites is 3. The molecular formula is C51H31N5. The number of nitrogens with zero attached hydrogens (tertiary/aromatic N) is 5. The van der Waals surface area contributed by atoms with Gasteiger partial charge in [0, 0.05) is 43.8 Å². The number of rotatable bonds is 4. The lowest BCUT2D eigenvalue weighted by Crippen LogP contribution is -2.06. The maximum absolute atomic E-state index is 5.12. The molecular weight excluding hydrogens is 683 g/mol. The second-order valence-corrected chi connectivity index (χ2v) is 14.4. The van der Waals surface area contributed by atoms with Gasteiger partial charge < -0.3 is 4.57 Å². The molecule has 0 fully saturated rings. The van der Waals surface area contributed by atoms with Crippen LogP contribution in [0.25, 0.3) is 111 Å². The average Bonchev–Trinajstić information content (AvgIpc) is 3.75. The molecule has 0 N–H and O–H groups in total. The van der Waals surface area contributed by atoms with E-state index in [1.807, 2.05) is 60.7 Å². The third kappa shape index (κ3) is 4.52. The largest absolute Gasteiger partial charge is 0.308 e. The minimum atomic E-state index is 0.587. The molecule has 3 aromatic heterocycles. The minimum Gasteiger partial charge on any atom is -0.308 e. The summed E-state index contributed by atoms with van der Waals surface area (Å²) in [6, 6.07) is 66.9. The Bertz CT molecular complexity index is 3300. The van der Waals surface area contributed by atoms with Crippen molar-refractivity contribution in [1.82, 2.24) is 24.1 Å². The summed E-state index contributed by atoms with van der Waals surface area (Å²) in [6.45, 7) is 0. The summed E-state index contributed by atoms with van der Waals surface area (Å²) in [4.78, 5) is 15.2. The first-order valence-corrected chi connectivity index (χ1v) is 19.0. The van der Waals surface area contributed by atoms with Crippen molar-refractivity contribution < 1.29 is 0 Å². The zero-order valence-electron chi connectivity index (χ0n) is 30.1. The Hall–Kier alpha value is -7.63. The van der Waals surface area contributed by atoms with E-state index in [0.717, 1.165) is 44.1 Å². The lowest BCUT2D eigenvalue weighted by atomic mass is 9.93. The lowest BCUT2D eigenvalue weighted by Gasteiger charge is -2.13. The lowest BCUT2D eigenvalue weighted by molar-refractivity contribution is 0.953. The third-order valence-corrected chi connectivity index (χ3v) is 11.3. The molecule has 260 valence electrons. The second-order valence-electron chi connectivity index (χ2n) is 14.4. The fraction of sp³-hybridized carbons (Fsp3) is 0. The highest BCUT2D eigenvalue weighted by atomic mass is 15.2. The summed E-state index contributed by atoms with van der Waals surface area (Å²) in [5, 5.41) is 4.79. The number of aromatic nitrogens is 5. The van der Waals surface area contributed by atoms with Crippen molar-refractivity contribution in [2.24, 2.45) is 0 Å². The molecule has 8 aromatic carbocycles. The zero-order valence-corrected chi connectivity index (χ0v) is 30.1. The Balaban J connectivity index is 1.08. The van der Waals surface area contributed by atoms with E-state index in [9.17, 15) is 0 Å². The molecule has 0 bridgehead atoms. The maximum Gasteiger partial charge on any atom is 0.238 e. The van der Waals surface area contributed by atoms with E-state index in [-0.39, 0.29) is 0 Å². The van der Waals surface area contributed by atoms with Gasteiger partial charge in [-0.05, 0) is 52.6 Å². The molecule has 0 amide bonds. The van der Waals surface area contributed by atoms with Crippen LogP contribution in [0.3, 0.4) is 0 Å². The van der Waals surface area contributed by atoms with Gasteiger partial charge in [0.1, 0.15) is 0 Å². The molecule has 0 saturated carbocycles. The monoisotopic (exact) mass is 713 g/mol. The molecule has 0 aliphatic carbocycles. The highest BCUT2D eigenvalue weighted by Gasteiger charge is 2.24. The molecule has 56 heavy (non-hydrogen) atoms. The van der Waals surface area contributed by atoms with Gasteiger partial charge in [-0.1, -0.05) is 158 Å². The van der Waals surface area contributed by atoms with E-state index >= 15 is 0 Å². The average molecular weight is 714 g/mol. The van der Waals surface area contributed by atoms with Gasteiger partial charge in [-0.2, -0.15) is 9.97 Å². The Morgan fingerprint density at radius 2 is 0.857 bits per heavy atom. The van der Waals surface area contributed by atoms with Crippen LogP contribution in [0.5, 0.6) is 0 Å². The van der Waals surface area contributed by atoms with Crippen molar-refractivity contribution in [3.05, 3.63) is 188 Å². The molecule has 5 nitrogen and oxygen atoms in total. The van der Waals surface area contributed by atoms with E-state index in [1.165, 1.54) is 49.7 Å². The van der Waals surface area contributed by atoms with Gasteiger partial charge in [0.25, 0.3) is 0 Å². The van der Waals surface area contributed by atoms with Gasteiger partial charge in [0.15, 0.2) is 11.6 Å². The predicted molar refractivity (Wildman–Crippen MR) is 229 cm³/mol. The SMILES string of the molecule is c1ccc(-c2nc(-c3ccccc3)nc(-n3c4ccccc4c4cc(-c5ccc6c7cccc8c7n(c6c5)-c5ccccc5-c5ccccc5-8)ccc43)n2)cc1. The Kier molecular flexibility index (Phi) is 6.56. The Morgan fingerprint density at radius 1 is 0.304 bits per heavy atom. The maximum atomic E-state index is 5.12. The van der Waals surface area contributed by atoms with Gasteiger partial charge in [-0.3, -0.25) is 4.57 Å². The summed E-state index contributed by atoms with van der Waals surface area (Å²) >= 11 is 0. The number of hydrogen-bond donors (Lipinski definition) is 0. The van der Waals surface area contributed by atoms with Crippen molar-refractivity contribution in [2.75, 3.05) is 0 Å². The molecule has 1 aliphatic rings. The summed E-state index contributed by atoms with van der Waals surface area (Å²) in [5.74, 6) is 1.86. The summed E-state index contributed by atoms with van der Waals surface area (Å²) in [5.41, 5.74) is 14.9. The molecule has 0 atom stereocenters. The fourth-order valence-corrected chi connectivity index (χ4v) is 8.83. The zero-order chi connectivity index (χ0) is 36.7. The number of benzene rings is 8. The van der Waals surface area contributed by atoms with E-state index in [0.29, 0.717) is 17.6 Å². The molecule has 11 aromatic rings. The first kappa shape index (κ1) is 30.8. The summed E-state index contributed by atoms with van der Waals surface area (Å²) < 4.78 is 4.67. The first-order chi connectivity index (χ1) is 27.8. The van der Waals surface area contributed by atoms with Crippen LogP contribution in [0.1, 0.15) is 0 Å². The summed E-state index contributed by atoms with van der Waals surface area (Å²) in [7, 11) is 0. The van der Waals surface area contributed by atoms with Crippen molar-refractivity contribution >= 4 is 43.6 Å². The number of fused-ring (bicyclic) bond motifs is 11. The van der Waals surface area contributed by atoms with Gasteiger partial charge >= 0.3 is 0 Å². The molecule has 0 saturated heterocycles. The van der Waals surface area contributed by atoms with Crippen molar-refractivity contribution in [1.29, 1.82) is 0 Å². The van der Waals surface area contributed by atoms with Crippen LogP contribution in [0, 0.1) is 0 Å². The smallest absolute Gasteiger partial charge is 0.238 e. The third-order valence-electron chi connectivity index (χ3n) is 11.3. The molecule has 4 heterocycles. The molecule has 1 aliphatic heterocycles. The Morgan fingerprint density at radius 3 is 1.62 bits per heavy atom. The highest BCUT2D eigenvalue weighted by molar-refractivity contribution is 6.17. The van der Waals surface area contributed by atoms with Crippen molar-refractivity contribution in [2.45, 2.75) is 0 Å². The van der Waals surface area contributed by atoms with Crippen LogP contribution in [-0.4, -0.2) is 24.1 Å². The number of hydrogen-bond acceptors (Lipinski definition) is 3. The first-order valence-electron chi connectivity index (χ1n) is 19.0. The topological polar surface area (TPSA) is 48.5 Å². The van der Waals surface area contributed by atoms with Crippen molar-refractivity contribution in [3.8, 4) is 67.8 Å². The van der Waals surface area contributed by atoms with E-state index in [1.54, 1.807) is 0 Å². The van der Waals surface area contributed by atoms with Crippen LogP contribution in [0.2, 0.25) is 0 Å². The van der Waals surface area contributed by atoms with Crippen molar-refractivity contribution in [3.63, 3.8) is 0 Å². The van der Waals surface area contributed by atoms with Crippen LogP contribution in [0.15, 0.2) is 188 Å². The van der Waals surface area contributed by atoms with Crippen LogP contribution in [0.4, 0.5) is 0 Å². The van der Waals surface area contributed by atoms with Gasteiger partial charge in [-0.15, -0.1) is 0 Å². The van der Waals surface area contributed by atoms with Gasteiger partial charge in [0.05, 0.1) is 27.8 Å². The molecule has 12 rings (SSSR count). The van der Waals surface area contributed by atoms with E-state index in [2.05, 4.69) is 137 Å². The Labute approximate surface area is 322 Å². The molecule has 0 radical (unpaired) electrons. The van der Waals surface area contributed by atoms with Gasteiger partial charge in [0.2, 0.25) is 5.95 Å². The minimum absolute atomic E-state index is 0.587. The molecule has 0 unspecified atom stereocenters. The fourth-order valence-electron chi connectivity index (χ4n) is 8.83. The molecule has 0 spiro atoms. The van der Waals surface area contributed by atoms with Crippen LogP contribution < -0.4 is 0 Å². The highest BCUT2D eigenvalue weighted by Crippen LogP contribution is 2.47. The normalized spacial score (nSPS) is 11.9. The molecule has 5 heteroatoms. The summed E-state index contributed by atoms with van der Waals surface area (Å²) in [6.07, 6.45) is 0. The van der Waals surface area contributed by atoms with Crippen LogP contribution >= 0.6 is 0 Å². The predicted octanol–water partition coefficient (Wildman–Crippen LogP) is 12.7. The quantitative estimate of drug-likeness (QED) is 0.182. The van der Waals surface area contributed by atoms with E-state index in [4.69, 9.17) is 15.0 Å². The second kappa shape index (κ2) is 11.9. The standard InChI is InChI=1S/C51H31N5/c1-3-14-32(15-4-1)49-52-50(33-16-5-2-6-17-33)54-51(53-49)56-45-25-12-10-21-39(45)43-30-34(27-29-46(43)56)35-26-28-40-42-23-13-22-41-37-19-8-7-18-36(37)38-20-9-11-24-44(38)55(48(41)42)47(40)31-35/h1-31H. The van der Waals surface area contributed by atoms with E-state index < -0.39 is 0 Å².